The minimum absolute atomic E-state index is 0.0147. The summed E-state index contributed by atoms with van der Waals surface area (Å²) in [6.45, 7) is 7.35. The third-order valence-corrected chi connectivity index (χ3v) is 4.48. The number of aromatic nitrogens is 1. The maximum absolute atomic E-state index is 12.6. The molecule has 0 radical (unpaired) electrons. The molecule has 8 nitrogen and oxygen atoms in total. The van der Waals surface area contributed by atoms with E-state index in [2.05, 4.69) is 15.4 Å². The molecule has 3 heterocycles. The van der Waals surface area contributed by atoms with Gasteiger partial charge in [0.15, 0.2) is 0 Å². The minimum Gasteiger partial charge on any atom is -0.379 e. The number of carbonyl (C=O) groups is 2. The van der Waals surface area contributed by atoms with Crippen LogP contribution in [0.25, 0.3) is 0 Å². The van der Waals surface area contributed by atoms with E-state index in [0.29, 0.717) is 18.7 Å². The SMILES string of the molecule is Cc1cc(C(=O)N[C@H]2CCCN(CCN3CCOCC3)C2=O)on1. The first kappa shape index (κ1) is 16.9. The fourth-order valence-corrected chi connectivity index (χ4v) is 3.08. The quantitative estimate of drug-likeness (QED) is 0.817. The van der Waals surface area contributed by atoms with Crippen molar-refractivity contribution >= 4 is 11.8 Å². The normalized spacial score (nSPS) is 22.6. The summed E-state index contributed by atoms with van der Waals surface area (Å²) < 4.78 is 10.3. The fraction of sp³-hybridized carbons (Fsp3) is 0.688. The van der Waals surface area contributed by atoms with Gasteiger partial charge in [0.2, 0.25) is 11.7 Å². The largest absolute Gasteiger partial charge is 0.379 e. The molecule has 0 aliphatic carbocycles. The summed E-state index contributed by atoms with van der Waals surface area (Å²) in [5.41, 5.74) is 0.641. The van der Waals surface area contributed by atoms with Crippen molar-refractivity contribution in [2.24, 2.45) is 0 Å². The number of hydrogen-bond acceptors (Lipinski definition) is 6. The molecule has 132 valence electrons. The van der Waals surface area contributed by atoms with Crippen LogP contribution < -0.4 is 5.32 Å². The number of nitrogens with one attached hydrogen (secondary N) is 1. The number of rotatable bonds is 5. The average molecular weight is 336 g/mol. The number of hydrogen-bond donors (Lipinski definition) is 1. The molecule has 2 aliphatic rings. The van der Waals surface area contributed by atoms with Gasteiger partial charge in [-0.2, -0.15) is 0 Å². The monoisotopic (exact) mass is 336 g/mol. The maximum atomic E-state index is 12.6. The second kappa shape index (κ2) is 7.76. The molecule has 24 heavy (non-hydrogen) atoms. The Morgan fingerprint density at radius 1 is 1.33 bits per heavy atom. The van der Waals surface area contributed by atoms with Crippen molar-refractivity contribution in [2.45, 2.75) is 25.8 Å². The lowest BCUT2D eigenvalue weighted by Crippen LogP contribution is -2.54. The Hall–Kier alpha value is -1.93. The van der Waals surface area contributed by atoms with E-state index in [0.717, 1.165) is 45.8 Å². The average Bonchev–Trinajstić information content (AvgIpc) is 3.03. The summed E-state index contributed by atoms with van der Waals surface area (Å²) in [5.74, 6) is -0.256. The molecule has 8 heteroatoms. The standard InChI is InChI=1S/C16H24N4O4/c1-12-11-14(24-18-12)15(21)17-13-3-2-4-20(16(13)22)6-5-19-7-9-23-10-8-19/h11,13H,2-10H2,1H3,(H,17,21)/t13-/m0/s1. The highest BCUT2D eigenvalue weighted by molar-refractivity contribution is 5.95. The number of morpholine rings is 1. The maximum Gasteiger partial charge on any atom is 0.290 e. The molecule has 3 rings (SSSR count). The first-order chi connectivity index (χ1) is 11.6. The molecule has 2 amide bonds. The molecule has 1 aromatic heterocycles. The van der Waals surface area contributed by atoms with Crippen LogP contribution in [0.1, 0.15) is 29.1 Å². The first-order valence-electron chi connectivity index (χ1n) is 8.46. The Balaban J connectivity index is 1.51. The number of likely N-dealkylation sites (tertiary alicyclic amines) is 1. The van der Waals surface area contributed by atoms with Gasteiger partial charge in [-0.05, 0) is 19.8 Å². The lowest BCUT2D eigenvalue weighted by atomic mass is 10.0. The molecule has 2 fully saturated rings. The molecular formula is C16H24N4O4. The lowest BCUT2D eigenvalue weighted by Gasteiger charge is -2.35. The van der Waals surface area contributed by atoms with E-state index >= 15 is 0 Å². The number of carbonyl (C=O) groups excluding carboxylic acids is 2. The van der Waals surface area contributed by atoms with Crippen molar-refractivity contribution in [3.63, 3.8) is 0 Å². The van der Waals surface area contributed by atoms with Crippen LogP contribution in [0.4, 0.5) is 0 Å². The zero-order chi connectivity index (χ0) is 16.9. The van der Waals surface area contributed by atoms with Gasteiger partial charge < -0.3 is 19.5 Å². The van der Waals surface area contributed by atoms with Crippen LogP contribution in [0.5, 0.6) is 0 Å². The molecule has 0 saturated carbocycles. The number of nitrogens with zero attached hydrogens (tertiary/aromatic N) is 3. The minimum atomic E-state index is -0.485. The molecule has 1 aromatic rings. The van der Waals surface area contributed by atoms with E-state index in [-0.39, 0.29) is 17.6 Å². The smallest absolute Gasteiger partial charge is 0.290 e. The Kier molecular flexibility index (Phi) is 5.47. The van der Waals surface area contributed by atoms with Crippen molar-refractivity contribution in [1.29, 1.82) is 0 Å². The Labute approximate surface area is 141 Å². The van der Waals surface area contributed by atoms with Crippen molar-refractivity contribution in [1.82, 2.24) is 20.3 Å². The van der Waals surface area contributed by atoms with Crippen LogP contribution in [0.3, 0.4) is 0 Å². The number of ether oxygens (including phenoxy) is 1. The third-order valence-electron chi connectivity index (χ3n) is 4.48. The van der Waals surface area contributed by atoms with Crippen LogP contribution in [0.15, 0.2) is 10.6 Å². The van der Waals surface area contributed by atoms with Gasteiger partial charge in [0, 0.05) is 38.8 Å². The van der Waals surface area contributed by atoms with E-state index in [4.69, 9.17) is 9.26 Å². The van der Waals surface area contributed by atoms with Crippen molar-refractivity contribution < 1.29 is 18.8 Å². The Morgan fingerprint density at radius 2 is 2.12 bits per heavy atom. The van der Waals surface area contributed by atoms with Gasteiger partial charge in [-0.1, -0.05) is 5.16 Å². The highest BCUT2D eigenvalue weighted by Crippen LogP contribution is 2.13. The van der Waals surface area contributed by atoms with Crippen LogP contribution in [0, 0.1) is 6.92 Å². The van der Waals surface area contributed by atoms with E-state index < -0.39 is 6.04 Å². The van der Waals surface area contributed by atoms with Gasteiger partial charge >= 0.3 is 0 Å². The van der Waals surface area contributed by atoms with Gasteiger partial charge in [-0.15, -0.1) is 0 Å². The summed E-state index contributed by atoms with van der Waals surface area (Å²) >= 11 is 0. The number of amides is 2. The van der Waals surface area contributed by atoms with Crippen LogP contribution >= 0.6 is 0 Å². The molecule has 1 N–H and O–H groups in total. The van der Waals surface area contributed by atoms with Crippen LogP contribution in [0.2, 0.25) is 0 Å². The van der Waals surface area contributed by atoms with Crippen LogP contribution in [-0.2, 0) is 9.53 Å². The van der Waals surface area contributed by atoms with E-state index in [1.165, 1.54) is 0 Å². The zero-order valence-corrected chi connectivity index (χ0v) is 14.0. The second-order valence-electron chi connectivity index (χ2n) is 6.28. The highest BCUT2D eigenvalue weighted by atomic mass is 16.5. The van der Waals surface area contributed by atoms with Crippen molar-refractivity contribution in [3.05, 3.63) is 17.5 Å². The molecule has 0 spiro atoms. The Morgan fingerprint density at radius 3 is 2.83 bits per heavy atom. The lowest BCUT2D eigenvalue weighted by molar-refractivity contribution is -0.136. The molecule has 2 aliphatic heterocycles. The molecular weight excluding hydrogens is 312 g/mol. The summed E-state index contributed by atoms with van der Waals surface area (Å²) in [6.07, 6.45) is 1.54. The van der Waals surface area contributed by atoms with E-state index in [1.807, 2.05) is 4.90 Å². The van der Waals surface area contributed by atoms with Gasteiger partial charge in [0.05, 0.1) is 18.9 Å². The fourth-order valence-electron chi connectivity index (χ4n) is 3.08. The van der Waals surface area contributed by atoms with E-state index in [9.17, 15) is 9.59 Å². The van der Waals surface area contributed by atoms with Gasteiger partial charge in [0.25, 0.3) is 5.91 Å². The summed E-state index contributed by atoms with van der Waals surface area (Å²) in [5, 5.41) is 6.47. The number of aryl methyl sites for hydroxylation is 1. The Bertz CT molecular complexity index is 582. The zero-order valence-electron chi connectivity index (χ0n) is 14.0. The molecule has 2 saturated heterocycles. The van der Waals surface area contributed by atoms with E-state index in [1.54, 1.807) is 13.0 Å². The molecule has 1 atom stereocenters. The molecule has 0 unspecified atom stereocenters. The highest BCUT2D eigenvalue weighted by Gasteiger charge is 2.31. The summed E-state index contributed by atoms with van der Waals surface area (Å²) in [7, 11) is 0. The second-order valence-corrected chi connectivity index (χ2v) is 6.28. The van der Waals surface area contributed by atoms with Crippen molar-refractivity contribution in [2.75, 3.05) is 45.9 Å². The first-order valence-corrected chi connectivity index (χ1v) is 8.46. The summed E-state index contributed by atoms with van der Waals surface area (Å²) in [4.78, 5) is 28.9. The summed E-state index contributed by atoms with van der Waals surface area (Å²) in [6, 6.07) is 1.08. The number of piperidine rings is 1. The molecule has 0 bridgehead atoms. The molecule has 0 aromatic carbocycles. The van der Waals surface area contributed by atoms with Gasteiger partial charge in [-0.25, -0.2) is 0 Å². The third kappa shape index (κ3) is 4.12. The van der Waals surface area contributed by atoms with Crippen molar-refractivity contribution in [3.8, 4) is 0 Å². The van der Waals surface area contributed by atoms with Gasteiger partial charge in [-0.3, -0.25) is 14.5 Å². The topological polar surface area (TPSA) is 87.9 Å². The predicted molar refractivity (Wildman–Crippen MR) is 85.6 cm³/mol. The van der Waals surface area contributed by atoms with Gasteiger partial charge in [0.1, 0.15) is 6.04 Å². The van der Waals surface area contributed by atoms with Crippen LogP contribution in [-0.4, -0.2) is 78.8 Å². The predicted octanol–water partition coefficient (Wildman–Crippen LogP) is 0.0360.